The van der Waals surface area contributed by atoms with Gasteiger partial charge in [-0.25, -0.2) is 0 Å². The van der Waals surface area contributed by atoms with Crippen LogP contribution >= 0.6 is 0 Å². The van der Waals surface area contributed by atoms with Gasteiger partial charge in [-0.3, -0.25) is 9.59 Å². The second kappa shape index (κ2) is 12.9. The lowest BCUT2D eigenvalue weighted by Crippen LogP contribution is -2.04. The molecule has 0 unspecified atom stereocenters. The summed E-state index contributed by atoms with van der Waals surface area (Å²) in [5, 5.41) is 0. The standard InChI is InChI=1S/2C6H9NO/c2*1-2-3-4-5-6(7)8/h2*2-5H,1H3,(H2,7,8)/b2*3-2+,5-4+. The average molecular weight is 222 g/mol. The molecule has 0 aromatic rings. The Morgan fingerprint density at radius 1 is 0.750 bits per heavy atom. The van der Waals surface area contributed by atoms with E-state index in [1.54, 1.807) is 24.3 Å². The van der Waals surface area contributed by atoms with E-state index in [0.29, 0.717) is 0 Å². The minimum atomic E-state index is -0.414. The van der Waals surface area contributed by atoms with Gasteiger partial charge < -0.3 is 11.5 Å². The summed E-state index contributed by atoms with van der Waals surface area (Å²) in [6, 6.07) is 0. The van der Waals surface area contributed by atoms with Gasteiger partial charge in [0.15, 0.2) is 0 Å². The summed E-state index contributed by atoms with van der Waals surface area (Å²) in [4.78, 5) is 20.0. The van der Waals surface area contributed by atoms with Crippen LogP contribution in [0.25, 0.3) is 0 Å². The molecule has 0 fully saturated rings. The molecule has 0 aromatic carbocycles. The molecular weight excluding hydrogens is 204 g/mol. The highest BCUT2D eigenvalue weighted by molar-refractivity contribution is 5.86. The predicted molar refractivity (Wildman–Crippen MR) is 66.3 cm³/mol. The van der Waals surface area contributed by atoms with Crippen molar-refractivity contribution in [2.75, 3.05) is 0 Å². The third kappa shape index (κ3) is 22.7. The Morgan fingerprint density at radius 3 is 1.25 bits per heavy atom. The molecule has 0 spiro atoms. The van der Waals surface area contributed by atoms with Gasteiger partial charge in [-0.05, 0) is 13.8 Å². The SMILES string of the molecule is C/C=C/C=C/C(N)=O.C/C=C/C=C/C(N)=O. The van der Waals surface area contributed by atoms with Gasteiger partial charge in [-0.1, -0.05) is 36.5 Å². The maximum Gasteiger partial charge on any atom is 0.241 e. The first kappa shape index (κ1) is 16.3. The van der Waals surface area contributed by atoms with Crippen LogP contribution in [0.1, 0.15) is 13.8 Å². The summed E-state index contributed by atoms with van der Waals surface area (Å²) in [6.45, 7) is 3.73. The lowest BCUT2D eigenvalue weighted by Gasteiger charge is -1.73. The molecule has 2 amide bonds. The molecule has 0 aliphatic rings. The minimum absolute atomic E-state index is 0.414. The van der Waals surface area contributed by atoms with Crippen LogP contribution in [0.2, 0.25) is 0 Å². The molecule has 4 N–H and O–H groups in total. The number of carbonyl (C=O) groups excluding carboxylic acids is 2. The molecule has 4 nitrogen and oxygen atoms in total. The van der Waals surface area contributed by atoms with Crippen molar-refractivity contribution in [3.8, 4) is 0 Å². The zero-order valence-electron chi connectivity index (χ0n) is 9.59. The summed E-state index contributed by atoms with van der Waals surface area (Å²) in [5.41, 5.74) is 9.55. The molecule has 4 heteroatoms. The van der Waals surface area contributed by atoms with Gasteiger partial charge in [0.1, 0.15) is 0 Å². The van der Waals surface area contributed by atoms with Crippen LogP contribution in [0.15, 0.2) is 48.6 Å². The highest BCUT2D eigenvalue weighted by Crippen LogP contribution is 1.73. The number of hydrogen-bond donors (Lipinski definition) is 2. The Labute approximate surface area is 96.0 Å². The minimum Gasteiger partial charge on any atom is -0.366 e. The van der Waals surface area contributed by atoms with Gasteiger partial charge in [0.05, 0.1) is 0 Å². The van der Waals surface area contributed by atoms with Crippen LogP contribution in [-0.4, -0.2) is 11.8 Å². The number of allylic oxidation sites excluding steroid dienone is 6. The molecule has 0 rings (SSSR count). The van der Waals surface area contributed by atoms with E-state index < -0.39 is 11.8 Å². The van der Waals surface area contributed by atoms with Gasteiger partial charge in [-0.2, -0.15) is 0 Å². The van der Waals surface area contributed by atoms with Crippen LogP contribution in [-0.2, 0) is 9.59 Å². The fraction of sp³-hybridized carbons (Fsp3) is 0.167. The normalized spacial score (nSPS) is 11.1. The van der Waals surface area contributed by atoms with Crippen molar-refractivity contribution in [2.45, 2.75) is 13.8 Å². The topological polar surface area (TPSA) is 86.2 Å². The van der Waals surface area contributed by atoms with Gasteiger partial charge in [0, 0.05) is 12.2 Å². The monoisotopic (exact) mass is 222 g/mol. The molecule has 0 saturated carbocycles. The van der Waals surface area contributed by atoms with Crippen LogP contribution in [0, 0.1) is 0 Å². The van der Waals surface area contributed by atoms with E-state index in [1.807, 2.05) is 26.0 Å². The first-order valence-corrected chi connectivity index (χ1v) is 4.72. The first-order chi connectivity index (χ1) is 7.54. The smallest absolute Gasteiger partial charge is 0.241 e. The fourth-order valence-electron chi connectivity index (χ4n) is 0.523. The summed E-state index contributed by atoms with van der Waals surface area (Å²) in [5.74, 6) is -0.828. The van der Waals surface area contributed by atoms with E-state index >= 15 is 0 Å². The van der Waals surface area contributed by atoms with Gasteiger partial charge in [0.25, 0.3) is 0 Å². The summed E-state index contributed by atoms with van der Waals surface area (Å²) in [7, 11) is 0. The van der Waals surface area contributed by atoms with Crippen molar-refractivity contribution < 1.29 is 9.59 Å². The molecule has 0 aliphatic carbocycles. The molecule has 0 atom stereocenters. The molecule has 0 aliphatic heterocycles. The van der Waals surface area contributed by atoms with Crippen LogP contribution < -0.4 is 11.5 Å². The molecule has 0 bridgehead atoms. The largest absolute Gasteiger partial charge is 0.366 e. The van der Waals surface area contributed by atoms with Gasteiger partial charge in [-0.15, -0.1) is 0 Å². The highest BCUT2D eigenvalue weighted by atomic mass is 16.1. The van der Waals surface area contributed by atoms with Crippen molar-refractivity contribution in [2.24, 2.45) is 11.5 Å². The number of nitrogens with two attached hydrogens (primary N) is 2. The molecule has 0 radical (unpaired) electrons. The Hall–Kier alpha value is -2.10. The maximum absolute atomic E-state index is 9.98. The Kier molecular flexibility index (Phi) is 13.2. The molecule has 16 heavy (non-hydrogen) atoms. The van der Waals surface area contributed by atoms with Crippen LogP contribution in [0.3, 0.4) is 0 Å². The van der Waals surface area contributed by atoms with Crippen molar-refractivity contribution in [3.63, 3.8) is 0 Å². The Morgan fingerprint density at radius 2 is 1.06 bits per heavy atom. The van der Waals surface area contributed by atoms with Crippen molar-refractivity contribution >= 4 is 11.8 Å². The van der Waals surface area contributed by atoms with Gasteiger partial charge >= 0.3 is 0 Å². The van der Waals surface area contributed by atoms with E-state index in [0.717, 1.165) is 0 Å². The maximum atomic E-state index is 9.98. The quantitative estimate of drug-likeness (QED) is 0.553. The van der Waals surface area contributed by atoms with E-state index in [9.17, 15) is 9.59 Å². The second-order valence-electron chi connectivity index (χ2n) is 2.57. The zero-order valence-corrected chi connectivity index (χ0v) is 9.59. The predicted octanol–water partition coefficient (Wildman–Crippen LogP) is 1.21. The third-order valence-electron chi connectivity index (χ3n) is 1.13. The summed E-state index contributed by atoms with van der Waals surface area (Å²) >= 11 is 0. The summed E-state index contributed by atoms with van der Waals surface area (Å²) in [6.07, 6.45) is 12.9. The van der Waals surface area contributed by atoms with Crippen molar-refractivity contribution in [1.29, 1.82) is 0 Å². The summed E-state index contributed by atoms with van der Waals surface area (Å²) < 4.78 is 0. The highest BCUT2D eigenvalue weighted by Gasteiger charge is 1.75. The molecule has 0 saturated heterocycles. The lowest BCUT2D eigenvalue weighted by molar-refractivity contribution is -0.114. The third-order valence-corrected chi connectivity index (χ3v) is 1.13. The molecule has 0 heterocycles. The number of rotatable bonds is 4. The van der Waals surface area contributed by atoms with Crippen LogP contribution in [0.4, 0.5) is 0 Å². The van der Waals surface area contributed by atoms with E-state index in [2.05, 4.69) is 0 Å². The average Bonchev–Trinajstić information content (AvgIpc) is 2.18. The van der Waals surface area contributed by atoms with E-state index in [4.69, 9.17) is 11.5 Å². The molecule has 88 valence electrons. The van der Waals surface area contributed by atoms with E-state index in [1.165, 1.54) is 12.2 Å². The number of primary amides is 2. The zero-order chi connectivity index (χ0) is 12.8. The first-order valence-electron chi connectivity index (χ1n) is 4.72. The van der Waals surface area contributed by atoms with Crippen molar-refractivity contribution in [3.05, 3.63) is 48.6 Å². The van der Waals surface area contributed by atoms with E-state index in [-0.39, 0.29) is 0 Å². The van der Waals surface area contributed by atoms with Crippen LogP contribution in [0.5, 0.6) is 0 Å². The Balaban J connectivity index is 0. The van der Waals surface area contributed by atoms with Crippen molar-refractivity contribution in [1.82, 2.24) is 0 Å². The van der Waals surface area contributed by atoms with Gasteiger partial charge in [0.2, 0.25) is 11.8 Å². The lowest BCUT2D eigenvalue weighted by atomic mass is 10.4. The molecular formula is C12H18N2O2. The number of carbonyl (C=O) groups is 2. The second-order valence-corrected chi connectivity index (χ2v) is 2.57. The Bertz CT molecular complexity index is 281. The molecule has 0 aromatic heterocycles. The fourth-order valence-corrected chi connectivity index (χ4v) is 0.523. The number of hydrogen-bond acceptors (Lipinski definition) is 2. The number of amides is 2.